The number of rotatable bonds is 7. The molecule has 1 aliphatic carbocycles. The van der Waals surface area contributed by atoms with Crippen molar-refractivity contribution >= 4 is 0 Å². The van der Waals surface area contributed by atoms with Crippen molar-refractivity contribution in [3.8, 4) is 0 Å². The van der Waals surface area contributed by atoms with Gasteiger partial charge in [-0.1, -0.05) is 19.8 Å². The quantitative estimate of drug-likeness (QED) is 0.656. The Morgan fingerprint density at radius 2 is 1.93 bits per heavy atom. The van der Waals surface area contributed by atoms with E-state index in [1.54, 1.807) is 0 Å². The summed E-state index contributed by atoms with van der Waals surface area (Å²) >= 11 is 0. The molecule has 0 heterocycles. The first-order valence-corrected chi connectivity index (χ1v) is 6.49. The summed E-state index contributed by atoms with van der Waals surface area (Å²) in [6, 6.07) is 0. The Morgan fingerprint density at radius 1 is 1.27 bits per heavy atom. The average Bonchev–Trinajstić information content (AvgIpc) is 2.68. The summed E-state index contributed by atoms with van der Waals surface area (Å²) in [7, 11) is 0. The Kier molecular flexibility index (Phi) is 5.62. The van der Waals surface area contributed by atoms with Crippen LogP contribution in [0.2, 0.25) is 0 Å². The van der Waals surface area contributed by atoms with Gasteiger partial charge in [-0.15, -0.1) is 0 Å². The average molecular weight is 213 g/mol. The van der Waals surface area contributed by atoms with E-state index < -0.39 is 0 Å². The summed E-state index contributed by atoms with van der Waals surface area (Å²) in [5.74, 6) is 0.829. The molecule has 0 aromatic heterocycles. The fourth-order valence-corrected chi connectivity index (χ4v) is 2.14. The van der Waals surface area contributed by atoms with E-state index in [1.165, 1.54) is 32.1 Å². The third kappa shape index (κ3) is 5.53. The van der Waals surface area contributed by atoms with E-state index in [1.807, 2.05) is 0 Å². The van der Waals surface area contributed by atoms with Crippen LogP contribution in [-0.4, -0.2) is 25.3 Å². The van der Waals surface area contributed by atoms with E-state index in [9.17, 15) is 0 Å². The standard InChI is InChI=1S/C13H27NO/c1-4-9-14-11-13(2,3)15-10-12-7-5-6-8-12/h12,14H,4-11H2,1-3H3. The van der Waals surface area contributed by atoms with Crippen LogP contribution < -0.4 is 5.32 Å². The van der Waals surface area contributed by atoms with Crippen molar-refractivity contribution in [3.05, 3.63) is 0 Å². The lowest BCUT2D eigenvalue weighted by Crippen LogP contribution is -2.39. The summed E-state index contributed by atoms with van der Waals surface area (Å²) in [6.07, 6.45) is 6.75. The predicted octanol–water partition coefficient (Wildman–Crippen LogP) is 2.97. The highest BCUT2D eigenvalue weighted by Gasteiger charge is 2.22. The molecule has 0 saturated heterocycles. The summed E-state index contributed by atoms with van der Waals surface area (Å²) < 4.78 is 6.00. The molecular formula is C13H27NO. The zero-order valence-corrected chi connectivity index (χ0v) is 10.6. The van der Waals surface area contributed by atoms with Crippen molar-refractivity contribution in [3.63, 3.8) is 0 Å². The lowest BCUT2D eigenvalue weighted by atomic mass is 10.1. The Balaban J connectivity index is 2.10. The molecule has 2 nitrogen and oxygen atoms in total. The monoisotopic (exact) mass is 213 g/mol. The van der Waals surface area contributed by atoms with Gasteiger partial charge in [0.05, 0.1) is 12.2 Å². The van der Waals surface area contributed by atoms with Crippen LogP contribution in [0.5, 0.6) is 0 Å². The second kappa shape index (κ2) is 6.49. The van der Waals surface area contributed by atoms with Crippen molar-refractivity contribution in [2.45, 2.75) is 58.5 Å². The van der Waals surface area contributed by atoms with Gasteiger partial charge in [0.25, 0.3) is 0 Å². The maximum atomic E-state index is 6.00. The minimum Gasteiger partial charge on any atom is -0.374 e. The molecule has 0 atom stereocenters. The third-order valence-corrected chi connectivity index (χ3v) is 3.16. The molecule has 0 aliphatic heterocycles. The van der Waals surface area contributed by atoms with Crippen molar-refractivity contribution in [1.82, 2.24) is 5.32 Å². The van der Waals surface area contributed by atoms with Crippen LogP contribution in [-0.2, 0) is 4.74 Å². The van der Waals surface area contributed by atoms with E-state index in [2.05, 4.69) is 26.1 Å². The van der Waals surface area contributed by atoms with E-state index >= 15 is 0 Å². The maximum Gasteiger partial charge on any atom is 0.0750 e. The van der Waals surface area contributed by atoms with Gasteiger partial charge >= 0.3 is 0 Å². The highest BCUT2D eigenvalue weighted by molar-refractivity contribution is 4.74. The fraction of sp³-hybridized carbons (Fsp3) is 1.00. The normalized spacial score (nSPS) is 18.6. The van der Waals surface area contributed by atoms with Crippen molar-refractivity contribution in [2.75, 3.05) is 19.7 Å². The summed E-state index contributed by atoms with van der Waals surface area (Å²) in [5.41, 5.74) is -0.00222. The lowest BCUT2D eigenvalue weighted by Gasteiger charge is -2.27. The second-order valence-electron chi connectivity index (χ2n) is 5.40. The molecule has 1 rings (SSSR count). The molecule has 1 fully saturated rings. The fourth-order valence-electron chi connectivity index (χ4n) is 2.14. The van der Waals surface area contributed by atoms with Gasteiger partial charge in [0, 0.05) is 6.54 Å². The van der Waals surface area contributed by atoms with Gasteiger partial charge in [0.1, 0.15) is 0 Å². The van der Waals surface area contributed by atoms with Crippen molar-refractivity contribution in [2.24, 2.45) is 5.92 Å². The second-order valence-corrected chi connectivity index (χ2v) is 5.40. The first-order chi connectivity index (χ1) is 7.14. The molecule has 1 N–H and O–H groups in total. The Hall–Kier alpha value is -0.0800. The van der Waals surface area contributed by atoms with Gasteiger partial charge in [-0.05, 0) is 45.6 Å². The van der Waals surface area contributed by atoms with Crippen LogP contribution in [0.15, 0.2) is 0 Å². The van der Waals surface area contributed by atoms with Gasteiger partial charge in [0.2, 0.25) is 0 Å². The summed E-state index contributed by atoms with van der Waals surface area (Å²) in [6.45, 7) is 9.58. The largest absolute Gasteiger partial charge is 0.374 e. The number of hydrogen-bond donors (Lipinski definition) is 1. The zero-order valence-electron chi connectivity index (χ0n) is 10.6. The third-order valence-electron chi connectivity index (χ3n) is 3.16. The first kappa shape index (κ1) is 13.0. The van der Waals surface area contributed by atoms with Gasteiger partial charge in [-0.25, -0.2) is 0 Å². The van der Waals surface area contributed by atoms with Gasteiger partial charge in [0.15, 0.2) is 0 Å². The van der Waals surface area contributed by atoms with Crippen molar-refractivity contribution < 1.29 is 4.74 Å². The van der Waals surface area contributed by atoms with Crippen LogP contribution in [0.1, 0.15) is 52.9 Å². The van der Waals surface area contributed by atoms with E-state index in [0.29, 0.717) is 0 Å². The predicted molar refractivity (Wildman–Crippen MR) is 65.1 cm³/mol. The van der Waals surface area contributed by atoms with Crippen LogP contribution in [0.25, 0.3) is 0 Å². The molecule has 15 heavy (non-hydrogen) atoms. The molecule has 0 bridgehead atoms. The molecule has 0 spiro atoms. The number of nitrogens with one attached hydrogen (secondary N) is 1. The molecular weight excluding hydrogens is 186 g/mol. The van der Waals surface area contributed by atoms with Crippen LogP contribution >= 0.6 is 0 Å². The smallest absolute Gasteiger partial charge is 0.0750 e. The summed E-state index contributed by atoms with van der Waals surface area (Å²) in [4.78, 5) is 0. The Bertz CT molecular complexity index is 162. The maximum absolute atomic E-state index is 6.00. The topological polar surface area (TPSA) is 21.3 Å². The van der Waals surface area contributed by atoms with E-state index in [0.717, 1.165) is 25.6 Å². The highest BCUT2D eigenvalue weighted by atomic mass is 16.5. The molecule has 0 unspecified atom stereocenters. The molecule has 0 amide bonds. The van der Waals surface area contributed by atoms with Crippen LogP contribution in [0, 0.1) is 5.92 Å². The molecule has 90 valence electrons. The highest BCUT2D eigenvalue weighted by Crippen LogP contribution is 2.26. The SMILES string of the molecule is CCCNCC(C)(C)OCC1CCCC1. The molecule has 1 aliphatic rings. The molecule has 0 aromatic carbocycles. The summed E-state index contributed by atoms with van der Waals surface area (Å²) in [5, 5.41) is 3.43. The van der Waals surface area contributed by atoms with E-state index in [4.69, 9.17) is 4.74 Å². The van der Waals surface area contributed by atoms with Crippen molar-refractivity contribution in [1.29, 1.82) is 0 Å². The Morgan fingerprint density at radius 3 is 2.53 bits per heavy atom. The van der Waals surface area contributed by atoms with Gasteiger partial charge < -0.3 is 10.1 Å². The van der Waals surface area contributed by atoms with Gasteiger partial charge in [-0.3, -0.25) is 0 Å². The van der Waals surface area contributed by atoms with Crippen LogP contribution in [0.4, 0.5) is 0 Å². The minimum atomic E-state index is -0.00222. The minimum absolute atomic E-state index is 0.00222. The lowest BCUT2D eigenvalue weighted by molar-refractivity contribution is -0.0329. The molecule has 1 saturated carbocycles. The molecule has 0 aromatic rings. The Labute approximate surface area is 94.8 Å². The van der Waals surface area contributed by atoms with Crippen LogP contribution in [0.3, 0.4) is 0 Å². The number of ether oxygens (including phenoxy) is 1. The molecule has 2 heteroatoms. The molecule has 0 radical (unpaired) electrons. The van der Waals surface area contributed by atoms with Gasteiger partial charge in [-0.2, -0.15) is 0 Å². The number of hydrogen-bond acceptors (Lipinski definition) is 2. The van der Waals surface area contributed by atoms with E-state index in [-0.39, 0.29) is 5.60 Å². The first-order valence-electron chi connectivity index (χ1n) is 6.49. The zero-order chi connectivity index (χ0) is 11.1.